The van der Waals surface area contributed by atoms with E-state index in [0.29, 0.717) is 24.3 Å². The van der Waals surface area contributed by atoms with Gasteiger partial charge in [-0.2, -0.15) is 4.31 Å². The van der Waals surface area contributed by atoms with E-state index >= 15 is 0 Å². The minimum Gasteiger partial charge on any atom is -0.367 e. The second-order valence-electron chi connectivity index (χ2n) is 6.05. The molecule has 0 saturated carbocycles. The van der Waals surface area contributed by atoms with Crippen LogP contribution in [-0.4, -0.2) is 43.8 Å². The van der Waals surface area contributed by atoms with E-state index < -0.39 is 14.9 Å². The lowest BCUT2D eigenvalue weighted by atomic mass is 10.2. The van der Waals surface area contributed by atoms with Gasteiger partial charge in [-0.05, 0) is 24.6 Å². The van der Waals surface area contributed by atoms with Crippen molar-refractivity contribution in [2.45, 2.75) is 11.8 Å². The third kappa shape index (κ3) is 3.40. The number of sulfonamides is 1. The number of hydrogen-bond donors (Lipinski definition) is 0. The van der Waals surface area contributed by atoms with Crippen LogP contribution in [0.5, 0.6) is 0 Å². The highest BCUT2D eigenvalue weighted by molar-refractivity contribution is 7.89. The Morgan fingerprint density at radius 1 is 1.08 bits per heavy atom. The van der Waals surface area contributed by atoms with Crippen molar-refractivity contribution in [3.63, 3.8) is 0 Å². The normalized spacial score (nSPS) is 15.8. The number of nitro benzene ring substituents is 1. The lowest BCUT2D eigenvalue weighted by Gasteiger charge is -2.35. The number of nitro groups is 1. The molecule has 2 aromatic rings. The van der Waals surface area contributed by atoms with E-state index in [1.54, 1.807) is 30.0 Å². The number of benzene rings is 2. The van der Waals surface area contributed by atoms with Gasteiger partial charge < -0.3 is 4.90 Å². The molecule has 7 nitrogen and oxygen atoms in total. The lowest BCUT2D eigenvalue weighted by Crippen LogP contribution is -2.49. The molecular weight excluding hydrogens is 361 g/mol. The molecule has 1 aliphatic heterocycles. The van der Waals surface area contributed by atoms with E-state index in [2.05, 4.69) is 0 Å². The molecule has 0 spiro atoms. The number of non-ortho nitro benzene ring substituents is 1. The van der Waals surface area contributed by atoms with Crippen molar-refractivity contribution in [1.29, 1.82) is 0 Å². The van der Waals surface area contributed by atoms with Gasteiger partial charge in [0.1, 0.15) is 5.82 Å². The standard InChI is InChI=1S/C17H18FN3O4S/c1-13-6-7-14(21(22)23)12-17(13)26(24,25)20-10-8-19(9-11-20)16-5-3-2-4-15(16)18/h2-7,12H,8-11H2,1H3. The first-order valence-corrected chi connectivity index (χ1v) is 9.49. The maximum Gasteiger partial charge on any atom is 0.270 e. The molecule has 0 aromatic heterocycles. The van der Waals surface area contributed by atoms with Crippen molar-refractivity contribution < 1.29 is 17.7 Å². The molecule has 0 bridgehead atoms. The number of aryl methyl sites for hydroxylation is 1. The number of hydrogen-bond acceptors (Lipinski definition) is 5. The zero-order valence-electron chi connectivity index (χ0n) is 14.1. The monoisotopic (exact) mass is 379 g/mol. The van der Waals surface area contributed by atoms with Crippen LogP contribution >= 0.6 is 0 Å². The van der Waals surface area contributed by atoms with Gasteiger partial charge in [-0.25, -0.2) is 12.8 Å². The predicted molar refractivity (Wildman–Crippen MR) is 95.2 cm³/mol. The van der Waals surface area contributed by atoms with Gasteiger partial charge in [0.15, 0.2) is 0 Å². The van der Waals surface area contributed by atoms with Gasteiger partial charge in [0.25, 0.3) is 5.69 Å². The molecule has 0 unspecified atom stereocenters. The van der Waals surface area contributed by atoms with Crippen molar-refractivity contribution in [2.75, 3.05) is 31.1 Å². The molecule has 1 aliphatic rings. The van der Waals surface area contributed by atoms with E-state index in [9.17, 15) is 22.9 Å². The number of nitrogens with zero attached hydrogens (tertiary/aromatic N) is 3. The van der Waals surface area contributed by atoms with Crippen molar-refractivity contribution in [2.24, 2.45) is 0 Å². The highest BCUT2D eigenvalue weighted by atomic mass is 32.2. The SMILES string of the molecule is Cc1ccc([N+](=O)[O-])cc1S(=O)(=O)N1CCN(c2ccccc2F)CC1. The summed E-state index contributed by atoms with van der Waals surface area (Å²) in [6.45, 7) is 2.64. The summed E-state index contributed by atoms with van der Waals surface area (Å²) in [5, 5.41) is 11.0. The number of anilines is 1. The van der Waals surface area contributed by atoms with Gasteiger partial charge in [0, 0.05) is 38.3 Å². The van der Waals surface area contributed by atoms with Crippen LogP contribution in [0.4, 0.5) is 15.8 Å². The van der Waals surface area contributed by atoms with E-state index in [1.165, 1.54) is 22.5 Å². The summed E-state index contributed by atoms with van der Waals surface area (Å²) in [5.41, 5.74) is 0.627. The van der Waals surface area contributed by atoms with Crippen LogP contribution in [0, 0.1) is 22.9 Å². The third-order valence-corrected chi connectivity index (χ3v) is 6.47. The summed E-state index contributed by atoms with van der Waals surface area (Å²) < 4.78 is 41.0. The molecule has 26 heavy (non-hydrogen) atoms. The Kier molecular flexibility index (Phi) is 4.92. The van der Waals surface area contributed by atoms with Crippen LogP contribution in [0.25, 0.3) is 0 Å². The molecule has 0 N–H and O–H groups in total. The summed E-state index contributed by atoms with van der Waals surface area (Å²) in [5.74, 6) is -0.349. The Hall–Kier alpha value is -2.52. The number of piperazine rings is 1. The molecular formula is C17H18FN3O4S. The smallest absolute Gasteiger partial charge is 0.270 e. The molecule has 0 atom stereocenters. The van der Waals surface area contributed by atoms with Crippen LogP contribution in [0.2, 0.25) is 0 Å². The Bertz CT molecular complexity index is 941. The molecule has 0 aliphatic carbocycles. The van der Waals surface area contributed by atoms with Gasteiger partial charge in [-0.1, -0.05) is 18.2 Å². The Balaban J connectivity index is 1.82. The van der Waals surface area contributed by atoms with Gasteiger partial charge in [-0.3, -0.25) is 10.1 Å². The number of rotatable bonds is 4. The summed E-state index contributed by atoms with van der Waals surface area (Å²) in [4.78, 5) is 12.1. The van der Waals surface area contributed by atoms with Crippen LogP contribution in [0.3, 0.4) is 0 Å². The Morgan fingerprint density at radius 3 is 2.35 bits per heavy atom. The highest BCUT2D eigenvalue weighted by Gasteiger charge is 2.31. The second-order valence-corrected chi connectivity index (χ2v) is 7.96. The largest absolute Gasteiger partial charge is 0.367 e. The van der Waals surface area contributed by atoms with Crippen molar-refractivity contribution in [3.8, 4) is 0 Å². The summed E-state index contributed by atoms with van der Waals surface area (Å²) in [7, 11) is -3.86. The van der Waals surface area contributed by atoms with E-state index in [-0.39, 0.29) is 29.5 Å². The fraction of sp³-hybridized carbons (Fsp3) is 0.294. The van der Waals surface area contributed by atoms with Crippen LogP contribution in [0.15, 0.2) is 47.4 Å². The zero-order chi connectivity index (χ0) is 18.9. The van der Waals surface area contributed by atoms with Crippen molar-refractivity contribution in [3.05, 3.63) is 64.0 Å². The summed E-state index contributed by atoms with van der Waals surface area (Å²) >= 11 is 0. The van der Waals surface area contributed by atoms with Crippen LogP contribution in [-0.2, 0) is 10.0 Å². The summed E-state index contributed by atoms with van der Waals surface area (Å²) in [6, 6.07) is 10.2. The minimum atomic E-state index is -3.86. The van der Waals surface area contributed by atoms with Gasteiger partial charge in [0.2, 0.25) is 10.0 Å². The Morgan fingerprint density at radius 2 is 1.73 bits per heavy atom. The quantitative estimate of drug-likeness (QED) is 0.602. The maximum atomic E-state index is 13.9. The molecule has 1 saturated heterocycles. The first-order valence-electron chi connectivity index (χ1n) is 8.05. The molecule has 1 fully saturated rings. The lowest BCUT2D eigenvalue weighted by molar-refractivity contribution is -0.385. The molecule has 138 valence electrons. The maximum absolute atomic E-state index is 13.9. The molecule has 1 heterocycles. The average Bonchev–Trinajstić information content (AvgIpc) is 2.62. The fourth-order valence-electron chi connectivity index (χ4n) is 3.00. The summed E-state index contributed by atoms with van der Waals surface area (Å²) in [6.07, 6.45) is 0. The Labute approximate surface area is 150 Å². The van der Waals surface area contributed by atoms with Gasteiger partial charge in [0.05, 0.1) is 15.5 Å². The average molecular weight is 379 g/mol. The van der Waals surface area contributed by atoms with Crippen molar-refractivity contribution >= 4 is 21.4 Å². The molecule has 2 aromatic carbocycles. The highest BCUT2D eigenvalue weighted by Crippen LogP contribution is 2.27. The molecule has 9 heteroatoms. The van der Waals surface area contributed by atoms with Crippen molar-refractivity contribution in [1.82, 2.24) is 4.31 Å². The first-order chi connectivity index (χ1) is 12.3. The number of halogens is 1. The van der Waals surface area contributed by atoms with E-state index in [0.717, 1.165) is 6.07 Å². The van der Waals surface area contributed by atoms with Crippen LogP contribution in [0.1, 0.15) is 5.56 Å². The van der Waals surface area contributed by atoms with Gasteiger partial charge in [-0.15, -0.1) is 0 Å². The fourth-order valence-corrected chi connectivity index (χ4v) is 4.66. The van der Waals surface area contributed by atoms with E-state index in [4.69, 9.17) is 0 Å². The molecule has 0 radical (unpaired) electrons. The minimum absolute atomic E-state index is 0.0639. The second kappa shape index (κ2) is 7.00. The third-order valence-electron chi connectivity index (χ3n) is 4.43. The van der Waals surface area contributed by atoms with Gasteiger partial charge >= 0.3 is 0 Å². The first kappa shape index (κ1) is 18.3. The topological polar surface area (TPSA) is 83.8 Å². The molecule has 0 amide bonds. The van der Waals surface area contributed by atoms with Crippen LogP contribution < -0.4 is 4.90 Å². The zero-order valence-corrected chi connectivity index (χ0v) is 14.9. The van der Waals surface area contributed by atoms with E-state index in [1.807, 2.05) is 0 Å². The number of para-hydroxylation sites is 1. The predicted octanol–water partition coefficient (Wildman–Crippen LogP) is 2.55. The molecule has 3 rings (SSSR count).